The Hall–Kier alpha value is -1.08. The van der Waals surface area contributed by atoms with Crippen molar-refractivity contribution in [3.63, 3.8) is 0 Å². The van der Waals surface area contributed by atoms with Crippen LogP contribution in [0.2, 0.25) is 0 Å². The van der Waals surface area contributed by atoms with Crippen LogP contribution < -0.4 is 5.32 Å². The number of fused-ring (bicyclic) bond motifs is 1. The normalized spacial score (nSPS) is 31.1. The Kier molecular flexibility index (Phi) is 9.62. The molecule has 0 aromatic heterocycles. The average molecular weight is 374 g/mol. The van der Waals surface area contributed by atoms with E-state index >= 15 is 0 Å². The first-order valence-corrected chi connectivity index (χ1v) is 10.9. The van der Waals surface area contributed by atoms with Crippen LogP contribution in [0.25, 0.3) is 0 Å². The van der Waals surface area contributed by atoms with Crippen molar-refractivity contribution < 1.29 is 10.2 Å². The molecular weight excluding hydrogens is 334 g/mol. The van der Waals surface area contributed by atoms with Gasteiger partial charge in [-0.1, -0.05) is 37.6 Å². The number of aliphatic hydroxyl groups excluding tert-OH is 2. The van der Waals surface area contributed by atoms with E-state index in [1.54, 1.807) is 5.57 Å². The summed E-state index contributed by atoms with van der Waals surface area (Å²) in [5, 5.41) is 24.2. The van der Waals surface area contributed by atoms with Gasteiger partial charge in [0.1, 0.15) is 0 Å². The van der Waals surface area contributed by atoms with Crippen LogP contribution in [-0.4, -0.2) is 35.5 Å². The van der Waals surface area contributed by atoms with E-state index < -0.39 is 6.10 Å². The molecule has 0 bridgehead atoms. The number of unbranched alkanes of at least 4 members (excludes halogenated alkanes) is 2. The molecule has 0 unspecified atom stereocenters. The smallest absolute Gasteiger partial charge is 0.0755 e. The standard InChI is InChI=1S/C24H39NO2/c1-4-6-10-18(3)23(26)13-12-21-22-16-19(15-20(22)17-24(21)27)11-8-7-9-14-25-5-2/h11-13,18,20-27H,5,7-10,14-17H2,1-3H3/b13-12+,19-11+/t18-,20+,21-,22+,23-,24-/m1/s1. The first kappa shape index (κ1) is 22.2. The molecule has 2 saturated carbocycles. The molecule has 0 aliphatic heterocycles. The Morgan fingerprint density at radius 1 is 1.30 bits per heavy atom. The monoisotopic (exact) mass is 373 g/mol. The number of nitrogens with one attached hydrogen (secondary N) is 1. The van der Waals surface area contributed by atoms with Crippen molar-refractivity contribution in [1.29, 1.82) is 0 Å². The van der Waals surface area contributed by atoms with Crippen LogP contribution in [0.4, 0.5) is 0 Å². The predicted octanol–water partition coefficient (Wildman–Crippen LogP) is 4.07. The molecule has 0 aromatic carbocycles. The number of aliphatic hydroxyl groups is 2. The SMILES string of the molecule is CC#CC[C@@H](C)[C@H](O)/C=C/[C@@H]1[C@H]2C/C(=C/CCCCNCC)C[C@H]2C[C@H]1O. The fourth-order valence-corrected chi connectivity index (χ4v) is 4.63. The van der Waals surface area contributed by atoms with Crippen LogP contribution in [0, 0.1) is 35.5 Å². The second-order valence-corrected chi connectivity index (χ2v) is 8.41. The molecule has 0 heterocycles. The van der Waals surface area contributed by atoms with Crippen molar-refractivity contribution in [3.8, 4) is 11.8 Å². The van der Waals surface area contributed by atoms with E-state index in [0.717, 1.165) is 32.4 Å². The third-order valence-corrected chi connectivity index (χ3v) is 6.32. The molecule has 2 aliphatic carbocycles. The number of rotatable bonds is 10. The minimum Gasteiger partial charge on any atom is -0.392 e. The van der Waals surface area contributed by atoms with Crippen LogP contribution in [0.3, 0.4) is 0 Å². The minimum atomic E-state index is -0.481. The summed E-state index contributed by atoms with van der Waals surface area (Å²) < 4.78 is 0. The molecule has 0 spiro atoms. The number of hydrogen-bond donors (Lipinski definition) is 3. The van der Waals surface area contributed by atoms with Crippen molar-refractivity contribution in [3.05, 3.63) is 23.8 Å². The van der Waals surface area contributed by atoms with Gasteiger partial charge in [0.2, 0.25) is 0 Å². The summed E-state index contributed by atoms with van der Waals surface area (Å²) in [5.74, 6) is 7.40. The van der Waals surface area contributed by atoms with Gasteiger partial charge < -0.3 is 15.5 Å². The highest BCUT2D eigenvalue weighted by molar-refractivity contribution is 5.18. The van der Waals surface area contributed by atoms with Crippen LogP contribution in [0.1, 0.15) is 65.7 Å². The summed E-state index contributed by atoms with van der Waals surface area (Å²) in [6.45, 7) is 8.18. The Morgan fingerprint density at radius 3 is 2.85 bits per heavy atom. The molecule has 3 heteroatoms. The second kappa shape index (κ2) is 11.7. The lowest BCUT2D eigenvalue weighted by atomic mass is 9.89. The molecule has 2 fully saturated rings. The molecule has 152 valence electrons. The Bertz CT molecular complexity index is 556. The summed E-state index contributed by atoms with van der Waals surface area (Å²) in [7, 11) is 0. The van der Waals surface area contributed by atoms with E-state index in [0.29, 0.717) is 18.3 Å². The third kappa shape index (κ3) is 6.79. The molecule has 0 radical (unpaired) electrons. The third-order valence-electron chi connectivity index (χ3n) is 6.32. The van der Waals surface area contributed by atoms with E-state index in [4.69, 9.17) is 0 Å². The molecule has 2 aliphatic rings. The van der Waals surface area contributed by atoms with Gasteiger partial charge in [0.05, 0.1) is 12.2 Å². The molecular formula is C24H39NO2. The zero-order chi connectivity index (χ0) is 19.6. The fourth-order valence-electron chi connectivity index (χ4n) is 4.63. The summed E-state index contributed by atoms with van der Waals surface area (Å²) in [4.78, 5) is 0. The van der Waals surface area contributed by atoms with E-state index in [1.807, 2.05) is 19.9 Å². The summed E-state index contributed by atoms with van der Waals surface area (Å²) in [6.07, 6.45) is 13.3. The Morgan fingerprint density at radius 2 is 2.11 bits per heavy atom. The minimum absolute atomic E-state index is 0.129. The molecule has 0 saturated heterocycles. The first-order valence-electron chi connectivity index (χ1n) is 10.9. The average Bonchev–Trinajstić information content (AvgIpc) is 3.17. The Balaban J connectivity index is 1.83. The van der Waals surface area contributed by atoms with Gasteiger partial charge in [-0.3, -0.25) is 0 Å². The second-order valence-electron chi connectivity index (χ2n) is 8.41. The molecule has 2 rings (SSSR count). The lowest BCUT2D eigenvalue weighted by Gasteiger charge is -2.19. The molecule has 0 amide bonds. The van der Waals surface area contributed by atoms with Crippen molar-refractivity contribution in [2.45, 2.75) is 77.9 Å². The van der Waals surface area contributed by atoms with Crippen LogP contribution >= 0.6 is 0 Å². The first-order chi connectivity index (χ1) is 13.1. The van der Waals surface area contributed by atoms with Gasteiger partial charge in [-0.05, 0) is 76.3 Å². The fraction of sp³-hybridized carbons (Fsp3) is 0.750. The summed E-state index contributed by atoms with van der Waals surface area (Å²) in [5.41, 5.74) is 1.59. The molecule has 3 N–H and O–H groups in total. The lowest BCUT2D eigenvalue weighted by Crippen LogP contribution is -2.19. The molecule has 27 heavy (non-hydrogen) atoms. The quantitative estimate of drug-likeness (QED) is 0.307. The van der Waals surface area contributed by atoms with Gasteiger partial charge in [0.15, 0.2) is 0 Å². The van der Waals surface area contributed by atoms with Crippen molar-refractivity contribution in [1.82, 2.24) is 5.32 Å². The van der Waals surface area contributed by atoms with Crippen LogP contribution in [0.15, 0.2) is 23.8 Å². The van der Waals surface area contributed by atoms with E-state index in [9.17, 15) is 10.2 Å². The Labute approximate surface area is 166 Å². The van der Waals surface area contributed by atoms with Gasteiger partial charge in [0.25, 0.3) is 0 Å². The van der Waals surface area contributed by atoms with Crippen molar-refractivity contribution >= 4 is 0 Å². The van der Waals surface area contributed by atoms with E-state index in [-0.39, 0.29) is 17.9 Å². The zero-order valence-electron chi connectivity index (χ0n) is 17.5. The van der Waals surface area contributed by atoms with E-state index in [2.05, 4.69) is 36.2 Å². The molecule has 6 atom stereocenters. The zero-order valence-corrected chi connectivity index (χ0v) is 17.5. The molecule has 3 nitrogen and oxygen atoms in total. The van der Waals surface area contributed by atoms with Gasteiger partial charge >= 0.3 is 0 Å². The van der Waals surface area contributed by atoms with E-state index in [1.165, 1.54) is 19.3 Å². The highest BCUT2D eigenvalue weighted by Gasteiger charge is 2.44. The maximum Gasteiger partial charge on any atom is 0.0755 e. The topological polar surface area (TPSA) is 52.5 Å². The van der Waals surface area contributed by atoms with Gasteiger partial charge in [-0.15, -0.1) is 11.8 Å². The highest BCUT2D eigenvalue weighted by Crippen LogP contribution is 2.50. The van der Waals surface area contributed by atoms with Crippen LogP contribution in [-0.2, 0) is 0 Å². The highest BCUT2D eigenvalue weighted by atomic mass is 16.3. The van der Waals surface area contributed by atoms with Crippen LogP contribution in [0.5, 0.6) is 0 Å². The van der Waals surface area contributed by atoms with Gasteiger partial charge in [-0.2, -0.15) is 0 Å². The summed E-state index contributed by atoms with van der Waals surface area (Å²) in [6, 6.07) is 0. The number of hydrogen-bond acceptors (Lipinski definition) is 3. The lowest BCUT2D eigenvalue weighted by molar-refractivity contribution is 0.137. The maximum absolute atomic E-state index is 10.5. The largest absolute Gasteiger partial charge is 0.392 e. The molecule has 0 aromatic rings. The van der Waals surface area contributed by atoms with Crippen molar-refractivity contribution in [2.24, 2.45) is 23.7 Å². The predicted molar refractivity (Wildman–Crippen MR) is 113 cm³/mol. The van der Waals surface area contributed by atoms with Gasteiger partial charge in [-0.25, -0.2) is 0 Å². The maximum atomic E-state index is 10.5. The van der Waals surface area contributed by atoms with Gasteiger partial charge in [0, 0.05) is 12.3 Å². The number of allylic oxidation sites excluding steroid dienone is 2. The summed E-state index contributed by atoms with van der Waals surface area (Å²) >= 11 is 0. The van der Waals surface area contributed by atoms with Crippen molar-refractivity contribution in [2.75, 3.05) is 13.1 Å².